The molecule has 0 bridgehead atoms. The van der Waals surface area contributed by atoms with Crippen LogP contribution in [0.5, 0.6) is 5.75 Å². The Kier molecular flexibility index (Phi) is 3.03. The molecule has 2 heteroatoms. The van der Waals surface area contributed by atoms with Gasteiger partial charge in [0.25, 0.3) is 0 Å². The van der Waals surface area contributed by atoms with Crippen molar-refractivity contribution in [2.75, 3.05) is 7.11 Å². The van der Waals surface area contributed by atoms with E-state index in [2.05, 4.69) is 41.3 Å². The molecule has 92 valence electrons. The highest BCUT2D eigenvalue weighted by Crippen LogP contribution is 2.26. The number of para-hydroxylation sites is 1. The van der Waals surface area contributed by atoms with Crippen molar-refractivity contribution < 1.29 is 4.74 Å². The summed E-state index contributed by atoms with van der Waals surface area (Å²) < 4.78 is 5.41. The summed E-state index contributed by atoms with van der Waals surface area (Å²) in [4.78, 5) is 2.45. The summed E-state index contributed by atoms with van der Waals surface area (Å²) in [5.41, 5.74) is 4.16. The normalized spacial score (nSPS) is 14.5. The first kappa shape index (κ1) is 11.3. The van der Waals surface area contributed by atoms with E-state index in [-0.39, 0.29) is 0 Å². The zero-order chi connectivity index (χ0) is 12.4. The average Bonchev–Trinajstić information content (AvgIpc) is 2.81. The van der Waals surface area contributed by atoms with E-state index in [1.54, 1.807) is 7.11 Å². The molecule has 0 unspecified atom stereocenters. The maximum Gasteiger partial charge on any atom is 0.123 e. The topological polar surface area (TPSA) is 12.5 Å². The van der Waals surface area contributed by atoms with Crippen LogP contribution in [0.2, 0.25) is 0 Å². The van der Waals surface area contributed by atoms with E-state index >= 15 is 0 Å². The molecule has 3 rings (SSSR count). The van der Waals surface area contributed by atoms with Crippen LogP contribution in [-0.4, -0.2) is 12.0 Å². The minimum Gasteiger partial charge on any atom is -0.496 e. The molecule has 0 aliphatic carbocycles. The number of hydrogen-bond donors (Lipinski definition) is 0. The lowest BCUT2D eigenvalue weighted by atomic mass is 10.1. The van der Waals surface area contributed by atoms with Crippen LogP contribution in [0.4, 0.5) is 0 Å². The number of fused-ring (bicyclic) bond motifs is 1. The molecule has 0 aromatic heterocycles. The Labute approximate surface area is 108 Å². The SMILES string of the molecule is COc1ccccc1CN1Cc2ccccc2C1. The third-order valence-electron chi connectivity index (χ3n) is 3.49. The molecular formula is C16H17NO. The predicted octanol–water partition coefficient (Wildman–Crippen LogP) is 3.21. The van der Waals surface area contributed by atoms with Crippen molar-refractivity contribution in [2.45, 2.75) is 19.6 Å². The van der Waals surface area contributed by atoms with Gasteiger partial charge in [0.1, 0.15) is 5.75 Å². The zero-order valence-corrected chi connectivity index (χ0v) is 10.6. The summed E-state index contributed by atoms with van der Waals surface area (Å²) >= 11 is 0. The van der Waals surface area contributed by atoms with Crippen LogP contribution in [0.25, 0.3) is 0 Å². The molecule has 1 aliphatic rings. The van der Waals surface area contributed by atoms with E-state index in [9.17, 15) is 0 Å². The molecule has 0 saturated heterocycles. The van der Waals surface area contributed by atoms with Gasteiger partial charge in [0.15, 0.2) is 0 Å². The Morgan fingerprint density at radius 1 is 0.944 bits per heavy atom. The number of ether oxygens (including phenoxy) is 1. The predicted molar refractivity (Wildman–Crippen MR) is 72.4 cm³/mol. The molecule has 2 aromatic rings. The van der Waals surface area contributed by atoms with Crippen LogP contribution in [-0.2, 0) is 19.6 Å². The molecule has 0 amide bonds. The van der Waals surface area contributed by atoms with Gasteiger partial charge in [0.2, 0.25) is 0 Å². The monoisotopic (exact) mass is 239 g/mol. The molecule has 0 atom stereocenters. The fourth-order valence-electron chi connectivity index (χ4n) is 2.59. The van der Waals surface area contributed by atoms with E-state index in [0.29, 0.717) is 0 Å². The lowest BCUT2D eigenvalue weighted by Crippen LogP contribution is -2.16. The van der Waals surface area contributed by atoms with Crippen molar-refractivity contribution in [1.82, 2.24) is 4.90 Å². The van der Waals surface area contributed by atoms with E-state index < -0.39 is 0 Å². The van der Waals surface area contributed by atoms with Gasteiger partial charge < -0.3 is 4.74 Å². The van der Waals surface area contributed by atoms with Gasteiger partial charge in [-0.05, 0) is 17.2 Å². The minimum atomic E-state index is 0.943. The second-order valence-corrected chi connectivity index (χ2v) is 4.73. The van der Waals surface area contributed by atoms with Gasteiger partial charge in [0, 0.05) is 25.2 Å². The van der Waals surface area contributed by atoms with Crippen molar-refractivity contribution in [3.63, 3.8) is 0 Å². The smallest absolute Gasteiger partial charge is 0.123 e. The summed E-state index contributed by atoms with van der Waals surface area (Å²) in [6, 6.07) is 16.9. The fourth-order valence-corrected chi connectivity index (χ4v) is 2.59. The van der Waals surface area contributed by atoms with Crippen molar-refractivity contribution in [2.24, 2.45) is 0 Å². The molecule has 0 radical (unpaired) electrons. The van der Waals surface area contributed by atoms with Gasteiger partial charge in [-0.3, -0.25) is 4.90 Å². The number of hydrogen-bond acceptors (Lipinski definition) is 2. The molecular weight excluding hydrogens is 222 g/mol. The molecule has 1 aliphatic heterocycles. The first-order chi connectivity index (χ1) is 8.86. The maximum absolute atomic E-state index is 5.41. The Morgan fingerprint density at radius 3 is 2.22 bits per heavy atom. The Bertz CT molecular complexity index is 525. The first-order valence-corrected chi connectivity index (χ1v) is 6.28. The van der Waals surface area contributed by atoms with Crippen molar-refractivity contribution in [3.05, 3.63) is 65.2 Å². The van der Waals surface area contributed by atoms with E-state index in [1.807, 2.05) is 12.1 Å². The Balaban J connectivity index is 1.76. The van der Waals surface area contributed by atoms with E-state index in [4.69, 9.17) is 4.74 Å². The van der Waals surface area contributed by atoms with Gasteiger partial charge >= 0.3 is 0 Å². The zero-order valence-electron chi connectivity index (χ0n) is 10.6. The lowest BCUT2D eigenvalue weighted by Gasteiger charge is -2.16. The third kappa shape index (κ3) is 2.12. The molecule has 0 saturated carbocycles. The van der Waals surface area contributed by atoms with Crippen LogP contribution < -0.4 is 4.74 Å². The van der Waals surface area contributed by atoms with E-state index in [1.165, 1.54) is 16.7 Å². The molecule has 2 aromatic carbocycles. The fraction of sp³-hybridized carbons (Fsp3) is 0.250. The highest BCUT2D eigenvalue weighted by Gasteiger charge is 2.19. The highest BCUT2D eigenvalue weighted by molar-refractivity contribution is 5.35. The third-order valence-corrected chi connectivity index (χ3v) is 3.49. The summed E-state index contributed by atoms with van der Waals surface area (Å²) in [5, 5.41) is 0. The number of rotatable bonds is 3. The summed E-state index contributed by atoms with van der Waals surface area (Å²) in [6.07, 6.45) is 0. The van der Waals surface area contributed by atoms with Gasteiger partial charge in [0.05, 0.1) is 7.11 Å². The molecule has 0 spiro atoms. The van der Waals surface area contributed by atoms with Gasteiger partial charge in [-0.15, -0.1) is 0 Å². The van der Waals surface area contributed by atoms with Crippen LogP contribution >= 0.6 is 0 Å². The number of benzene rings is 2. The van der Waals surface area contributed by atoms with Gasteiger partial charge in [-0.1, -0.05) is 42.5 Å². The number of nitrogens with zero attached hydrogens (tertiary/aromatic N) is 1. The average molecular weight is 239 g/mol. The van der Waals surface area contributed by atoms with Gasteiger partial charge in [-0.25, -0.2) is 0 Å². The summed E-state index contributed by atoms with van der Waals surface area (Å²) in [7, 11) is 1.73. The second-order valence-electron chi connectivity index (χ2n) is 4.73. The van der Waals surface area contributed by atoms with Crippen LogP contribution in [0.3, 0.4) is 0 Å². The number of methoxy groups -OCH3 is 1. The Hall–Kier alpha value is -1.80. The van der Waals surface area contributed by atoms with Crippen LogP contribution in [0.1, 0.15) is 16.7 Å². The quantitative estimate of drug-likeness (QED) is 0.815. The Morgan fingerprint density at radius 2 is 1.56 bits per heavy atom. The maximum atomic E-state index is 5.41. The molecule has 0 N–H and O–H groups in total. The standard InChI is InChI=1S/C16H17NO/c1-18-16-9-5-4-8-15(16)12-17-10-13-6-2-3-7-14(13)11-17/h2-9H,10-12H2,1H3. The summed E-state index contributed by atoms with van der Waals surface area (Å²) in [5.74, 6) is 0.980. The molecule has 0 fully saturated rings. The summed E-state index contributed by atoms with van der Waals surface area (Å²) in [6.45, 7) is 3.02. The largest absolute Gasteiger partial charge is 0.496 e. The molecule has 1 heterocycles. The first-order valence-electron chi connectivity index (χ1n) is 6.28. The van der Waals surface area contributed by atoms with Gasteiger partial charge in [-0.2, -0.15) is 0 Å². The molecule has 18 heavy (non-hydrogen) atoms. The highest BCUT2D eigenvalue weighted by atomic mass is 16.5. The second kappa shape index (κ2) is 4.83. The van der Waals surface area contributed by atoms with Crippen LogP contribution in [0, 0.1) is 0 Å². The van der Waals surface area contributed by atoms with Crippen molar-refractivity contribution >= 4 is 0 Å². The minimum absolute atomic E-state index is 0.943. The van der Waals surface area contributed by atoms with Crippen LogP contribution in [0.15, 0.2) is 48.5 Å². The lowest BCUT2D eigenvalue weighted by molar-refractivity contribution is 0.270. The molecule has 2 nitrogen and oxygen atoms in total. The van der Waals surface area contributed by atoms with Crippen molar-refractivity contribution in [3.8, 4) is 5.75 Å². The van der Waals surface area contributed by atoms with Crippen molar-refractivity contribution in [1.29, 1.82) is 0 Å². The van der Waals surface area contributed by atoms with E-state index in [0.717, 1.165) is 25.4 Å².